The molecule has 4 rings (SSSR count). The van der Waals surface area contributed by atoms with Gasteiger partial charge in [-0.3, -0.25) is 4.79 Å². The Morgan fingerprint density at radius 3 is 2.43 bits per heavy atom. The summed E-state index contributed by atoms with van der Waals surface area (Å²) in [7, 11) is 3.27. The SMILES string of the molecule is CCOc1c(/C(C)=C/C(=O)NCc2ccc(C)cc2)cc2c(-c3cc(OC)ccc3OC)coc2c1C. The Labute approximate surface area is 217 Å². The summed E-state index contributed by atoms with van der Waals surface area (Å²) in [5, 5.41) is 3.88. The van der Waals surface area contributed by atoms with Crippen LogP contribution in [0.5, 0.6) is 17.2 Å². The van der Waals surface area contributed by atoms with Crippen LogP contribution in [0.3, 0.4) is 0 Å². The summed E-state index contributed by atoms with van der Waals surface area (Å²) in [5.41, 5.74) is 7.18. The number of amides is 1. The molecule has 0 fully saturated rings. The predicted octanol–water partition coefficient (Wildman–Crippen LogP) is 6.85. The molecular formula is C31H33NO5. The molecule has 192 valence electrons. The number of furan rings is 1. The highest BCUT2D eigenvalue weighted by atomic mass is 16.5. The lowest BCUT2D eigenvalue weighted by molar-refractivity contribution is -0.116. The smallest absolute Gasteiger partial charge is 0.244 e. The molecule has 37 heavy (non-hydrogen) atoms. The molecule has 0 aliphatic heterocycles. The largest absolute Gasteiger partial charge is 0.497 e. The van der Waals surface area contributed by atoms with Gasteiger partial charge in [0.1, 0.15) is 22.8 Å². The van der Waals surface area contributed by atoms with Gasteiger partial charge >= 0.3 is 0 Å². The van der Waals surface area contributed by atoms with Gasteiger partial charge in [0.05, 0.1) is 27.1 Å². The molecular weight excluding hydrogens is 466 g/mol. The lowest BCUT2D eigenvalue weighted by Crippen LogP contribution is -2.20. The van der Waals surface area contributed by atoms with E-state index >= 15 is 0 Å². The normalized spacial score (nSPS) is 11.5. The maximum absolute atomic E-state index is 12.8. The number of aryl methyl sites for hydroxylation is 2. The number of rotatable bonds is 9. The quantitative estimate of drug-likeness (QED) is 0.255. The summed E-state index contributed by atoms with van der Waals surface area (Å²) in [6, 6.07) is 15.8. The number of carbonyl (C=O) groups excluding carboxylic acids is 1. The second-order valence-corrected chi connectivity index (χ2v) is 8.93. The molecule has 6 heteroatoms. The van der Waals surface area contributed by atoms with Crippen molar-refractivity contribution in [3.8, 4) is 28.4 Å². The van der Waals surface area contributed by atoms with Crippen molar-refractivity contribution in [1.29, 1.82) is 0 Å². The molecule has 0 unspecified atom stereocenters. The van der Waals surface area contributed by atoms with E-state index in [0.717, 1.165) is 44.4 Å². The fraction of sp³-hybridized carbons (Fsp3) is 0.258. The molecule has 0 aliphatic carbocycles. The number of benzene rings is 3. The number of fused-ring (bicyclic) bond motifs is 1. The van der Waals surface area contributed by atoms with Crippen molar-refractivity contribution in [2.24, 2.45) is 0 Å². The third-order valence-electron chi connectivity index (χ3n) is 6.39. The van der Waals surface area contributed by atoms with Crippen molar-refractivity contribution in [3.05, 3.63) is 83.1 Å². The number of hydrogen-bond acceptors (Lipinski definition) is 5. The van der Waals surface area contributed by atoms with Gasteiger partial charge in [-0.05, 0) is 63.1 Å². The number of hydrogen-bond donors (Lipinski definition) is 1. The van der Waals surface area contributed by atoms with Gasteiger partial charge in [-0.25, -0.2) is 0 Å². The van der Waals surface area contributed by atoms with Gasteiger partial charge in [0.15, 0.2) is 0 Å². The average molecular weight is 500 g/mol. The zero-order valence-electron chi connectivity index (χ0n) is 22.2. The lowest BCUT2D eigenvalue weighted by atomic mass is 9.96. The lowest BCUT2D eigenvalue weighted by Gasteiger charge is -2.15. The molecule has 0 aliphatic rings. The van der Waals surface area contributed by atoms with Crippen LogP contribution >= 0.6 is 0 Å². The highest BCUT2D eigenvalue weighted by Crippen LogP contribution is 2.43. The van der Waals surface area contributed by atoms with Crippen LogP contribution in [0.15, 0.2) is 65.3 Å². The van der Waals surface area contributed by atoms with Gasteiger partial charge in [0.2, 0.25) is 5.91 Å². The number of methoxy groups -OCH3 is 2. The molecule has 0 saturated carbocycles. The second-order valence-electron chi connectivity index (χ2n) is 8.93. The van der Waals surface area contributed by atoms with Crippen LogP contribution < -0.4 is 19.5 Å². The highest BCUT2D eigenvalue weighted by molar-refractivity contribution is 6.02. The van der Waals surface area contributed by atoms with E-state index in [1.165, 1.54) is 5.56 Å². The molecule has 3 aromatic carbocycles. The van der Waals surface area contributed by atoms with Gasteiger partial charge in [0.25, 0.3) is 0 Å². The van der Waals surface area contributed by atoms with Crippen LogP contribution in [-0.2, 0) is 11.3 Å². The molecule has 6 nitrogen and oxygen atoms in total. The summed E-state index contributed by atoms with van der Waals surface area (Å²) in [6.45, 7) is 8.82. The third kappa shape index (κ3) is 5.48. The first-order valence-corrected chi connectivity index (χ1v) is 12.3. The first kappa shape index (κ1) is 25.9. The fourth-order valence-corrected chi connectivity index (χ4v) is 4.39. The summed E-state index contributed by atoms with van der Waals surface area (Å²) in [5.74, 6) is 1.96. The van der Waals surface area contributed by atoms with E-state index in [4.69, 9.17) is 18.6 Å². The van der Waals surface area contributed by atoms with Gasteiger partial charge < -0.3 is 23.9 Å². The third-order valence-corrected chi connectivity index (χ3v) is 6.39. The van der Waals surface area contributed by atoms with Crippen molar-refractivity contribution in [2.45, 2.75) is 34.2 Å². The Balaban J connectivity index is 1.75. The molecule has 1 heterocycles. The zero-order valence-corrected chi connectivity index (χ0v) is 22.2. The van der Waals surface area contributed by atoms with Crippen LogP contribution in [0.1, 0.15) is 36.1 Å². The maximum Gasteiger partial charge on any atom is 0.244 e. The monoisotopic (exact) mass is 499 g/mol. The summed E-state index contributed by atoms with van der Waals surface area (Å²) in [6.07, 6.45) is 3.34. The van der Waals surface area contributed by atoms with E-state index in [0.29, 0.717) is 30.4 Å². The van der Waals surface area contributed by atoms with Gasteiger partial charge in [-0.2, -0.15) is 0 Å². The van der Waals surface area contributed by atoms with Gasteiger partial charge in [-0.15, -0.1) is 0 Å². The van der Waals surface area contributed by atoms with Crippen molar-refractivity contribution in [3.63, 3.8) is 0 Å². The topological polar surface area (TPSA) is 69.9 Å². The fourth-order valence-electron chi connectivity index (χ4n) is 4.39. The molecule has 0 saturated heterocycles. The molecule has 1 amide bonds. The highest BCUT2D eigenvalue weighted by Gasteiger charge is 2.21. The van der Waals surface area contributed by atoms with Gasteiger partial charge in [0, 0.05) is 40.3 Å². The van der Waals surface area contributed by atoms with Crippen molar-refractivity contribution < 1.29 is 23.4 Å². The minimum absolute atomic E-state index is 0.167. The number of carbonyl (C=O) groups is 1. The van der Waals surface area contributed by atoms with E-state index in [1.807, 2.05) is 76.2 Å². The standard InChI is InChI=1S/C31H33NO5/c1-7-36-30-21(4)31-26(27(18-37-31)25-15-23(34-5)12-13-28(25)35-6)16-24(30)20(3)14-29(33)32-17-22-10-8-19(2)9-11-22/h8-16,18H,7,17H2,1-6H3,(H,32,33)/b20-14+. The van der Waals surface area contributed by atoms with Crippen LogP contribution in [0.25, 0.3) is 27.7 Å². The molecule has 1 aromatic heterocycles. The molecule has 4 aromatic rings. The molecule has 0 bridgehead atoms. The summed E-state index contributed by atoms with van der Waals surface area (Å²) < 4.78 is 23.1. The van der Waals surface area contributed by atoms with Crippen LogP contribution in [0.2, 0.25) is 0 Å². The van der Waals surface area contributed by atoms with E-state index < -0.39 is 0 Å². The Hall–Kier alpha value is -4.19. The number of allylic oxidation sites excluding steroid dienone is 1. The average Bonchev–Trinajstić information content (AvgIpc) is 3.33. The minimum Gasteiger partial charge on any atom is -0.497 e. The van der Waals surface area contributed by atoms with Crippen molar-refractivity contribution >= 4 is 22.4 Å². The predicted molar refractivity (Wildman–Crippen MR) is 147 cm³/mol. The van der Waals surface area contributed by atoms with Crippen LogP contribution in [-0.4, -0.2) is 26.7 Å². The molecule has 0 spiro atoms. The van der Waals surface area contributed by atoms with E-state index in [2.05, 4.69) is 5.32 Å². The van der Waals surface area contributed by atoms with Gasteiger partial charge in [-0.1, -0.05) is 29.8 Å². The Bertz CT molecular complexity index is 1450. The van der Waals surface area contributed by atoms with Crippen molar-refractivity contribution in [1.82, 2.24) is 5.32 Å². The zero-order chi connectivity index (χ0) is 26.5. The van der Waals surface area contributed by atoms with E-state index in [-0.39, 0.29) is 5.91 Å². The van der Waals surface area contributed by atoms with Crippen molar-refractivity contribution in [2.75, 3.05) is 20.8 Å². The summed E-state index contributed by atoms with van der Waals surface area (Å²) >= 11 is 0. The number of nitrogens with one attached hydrogen (secondary N) is 1. The van der Waals surface area contributed by atoms with E-state index in [1.54, 1.807) is 26.6 Å². The maximum atomic E-state index is 12.8. The Morgan fingerprint density at radius 2 is 1.76 bits per heavy atom. The van der Waals surface area contributed by atoms with E-state index in [9.17, 15) is 4.79 Å². The molecule has 1 N–H and O–H groups in total. The van der Waals surface area contributed by atoms with Crippen LogP contribution in [0, 0.1) is 13.8 Å². The molecule has 0 radical (unpaired) electrons. The minimum atomic E-state index is -0.167. The first-order chi connectivity index (χ1) is 17.9. The van der Waals surface area contributed by atoms with Crippen LogP contribution in [0.4, 0.5) is 0 Å². The Morgan fingerprint density at radius 1 is 1.00 bits per heavy atom. The number of ether oxygens (including phenoxy) is 3. The summed E-state index contributed by atoms with van der Waals surface area (Å²) in [4.78, 5) is 12.8. The Kier molecular flexibility index (Phi) is 7.87. The molecule has 0 atom stereocenters. The second kappa shape index (κ2) is 11.2. The first-order valence-electron chi connectivity index (χ1n) is 12.3.